The first kappa shape index (κ1) is 13.6. The third kappa shape index (κ3) is 2.73. The van der Waals surface area contributed by atoms with E-state index in [1.54, 1.807) is 0 Å². The standard InChI is InChI=1S/C13H21N5OS/c1-7-5-9(7)16-12(19)10-11(15)17-13(20-10)18-4-2-3-8(14)6-18/h7-9H,2-6,14-15H2,1H3,(H,16,19). The fourth-order valence-electron chi connectivity index (χ4n) is 2.56. The van der Waals surface area contributed by atoms with Crippen molar-refractivity contribution in [1.29, 1.82) is 0 Å². The van der Waals surface area contributed by atoms with E-state index in [0.717, 1.165) is 37.5 Å². The van der Waals surface area contributed by atoms with E-state index in [2.05, 4.69) is 22.1 Å². The van der Waals surface area contributed by atoms with Crippen molar-refractivity contribution < 1.29 is 4.79 Å². The molecule has 6 nitrogen and oxygen atoms in total. The van der Waals surface area contributed by atoms with Crippen molar-refractivity contribution in [3.63, 3.8) is 0 Å². The smallest absolute Gasteiger partial charge is 0.265 e. The number of carbonyl (C=O) groups excluding carboxylic acids is 1. The maximum Gasteiger partial charge on any atom is 0.265 e. The number of anilines is 2. The lowest BCUT2D eigenvalue weighted by molar-refractivity contribution is 0.0954. The summed E-state index contributed by atoms with van der Waals surface area (Å²) in [5, 5.41) is 3.81. The van der Waals surface area contributed by atoms with Crippen LogP contribution in [-0.4, -0.2) is 36.1 Å². The van der Waals surface area contributed by atoms with Gasteiger partial charge in [0, 0.05) is 25.2 Å². The van der Waals surface area contributed by atoms with Crippen molar-refractivity contribution in [2.24, 2.45) is 11.7 Å². The topological polar surface area (TPSA) is 97.3 Å². The van der Waals surface area contributed by atoms with E-state index in [1.807, 2.05) is 0 Å². The molecule has 1 aromatic rings. The minimum absolute atomic E-state index is 0.0955. The molecule has 0 spiro atoms. The van der Waals surface area contributed by atoms with Crippen molar-refractivity contribution >= 4 is 28.2 Å². The third-order valence-electron chi connectivity index (χ3n) is 4.00. The number of nitrogens with zero attached hydrogens (tertiary/aromatic N) is 2. The summed E-state index contributed by atoms with van der Waals surface area (Å²) in [5.41, 5.74) is 11.9. The van der Waals surface area contributed by atoms with Crippen molar-refractivity contribution in [1.82, 2.24) is 10.3 Å². The lowest BCUT2D eigenvalue weighted by Crippen LogP contribution is -2.42. The molecule has 1 amide bonds. The van der Waals surface area contributed by atoms with Gasteiger partial charge in [0.15, 0.2) is 5.13 Å². The van der Waals surface area contributed by atoms with Crippen LogP contribution < -0.4 is 21.7 Å². The summed E-state index contributed by atoms with van der Waals surface area (Å²) in [5.74, 6) is 0.810. The van der Waals surface area contributed by atoms with Crippen molar-refractivity contribution in [3.05, 3.63) is 4.88 Å². The molecule has 2 fully saturated rings. The van der Waals surface area contributed by atoms with Crippen LogP contribution in [0.2, 0.25) is 0 Å². The normalized spacial score (nSPS) is 29.3. The highest BCUT2D eigenvalue weighted by Crippen LogP contribution is 2.32. The number of hydrogen-bond donors (Lipinski definition) is 3. The molecule has 0 bridgehead atoms. The Kier molecular flexibility index (Phi) is 3.55. The molecule has 0 aromatic carbocycles. The first-order chi connectivity index (χ1) is 9.54. The molecule has 2 heterocycles. The second-order valence-corrected chi connectivity index (χ2v) is 6.83. The van der Waals surface area contributed by atoms with E-state index in [1.165, 1.54) is 11.3 Å². The summed E-state index contributed by atoms with van der Waals surface area (Å²) < 4.78 is 0. The Morgan fingerprint density at radius 1 is 1.55 bits per heavy atom. The molecule has 3 rings (SSSR count). The molecule has 1 aromatic heterocycles. The second-order valence-electron chi connectivity index (χ2n) is 5.85. The van der Waals surface area contributed by atoms with E-state index in [4.69, 9.17) is 11.5 Å². The highest BCUT2D eigenvalue weighted by molar-refractivity contribution is 7.18. The maximum atomic E-state index is 12.2. The highest BCUT2D eigenvalue weighted by atomic mass is 32.1. The molecule has 1 aliphatic heterocycles. The van der Waals surface area contributed by atoms with E-state index in [9.17, 15) is 4.79 Å². The molecule has 1 saturated carbocycles. The Morgan fingerprint density at radius 3 is 2.95 bits per heavy atom. The number of hydrogen-bond acceptors (Lipinski definition) is 6. The van der Waals surface area contributed by atoms with E-state index in [-0.39, 0.29) is 11.9 Å². The summed E-state index contributed by atoms with van der Waals surface area (Å²) in [6.07, 6.45) is 3.16. The maximum absolute atomic E-state index is 12.2. The minimum atomic E-state index is -0.0955. The van der Waals surface area contributed by atoms with Crippen molar-refractivity contribution in [2.45, 2.75) is 38.3 Å². The Hall–Kier alpha value is -1.34. The predicted molar refractivity (Wildman–Crippen MR) is 81.0 cm³/mol. The quantitative estimate of drug-likeness (QED) is 0.766. The van der Waals surface area contributed by atoms with Gasteiger partial charge in [-0.3, -0.25) is 4.79 Å². The van der Waals surface area contributed by atoms with Crippen LogP contribution in [0.1, 0.15) is 35.9 Å². The second kappa shape index (κ2) is 5.21. The molecule has 20 heavy (non-hydrogen) atoms. The predicted octanol–water partition coefficient (Wildman–Crippen LogP) is 0.791. The fraction of sp³-hybridized carbons (Fsp3) is 0.692. The van der Waals surface area contributed by atoms with Crippen LogP contribution in [0, 0.1) is 5.92 Å². The summed E-state index contributed by atoms with van der Waals surface area (Å²) in [7, 11) is 0. The van der Waals surface area contributed by atoms with Gasteiger partial charge in [-0.1, -0.05) is 18.3 Å². The molecule has 110 valence electrons. The number of thiazole rings is 1. The first-order valence-corrected chi connectivity index (χ1v) is 7.94. The summed E-state index contributed by atoms with van der Waals surface area (Å²) in [6, 6.07) is 0.481. The van der Waals surface area contributed by atoms with Crippen LogP contribution in [0.5, 0.6) is 0 Å². The molecule has 2 aliphatic rings. The Labute approximate surface area is 122 Å². The first-order valence-electron chi connectivity index (χ1n) is 7.12. The van der Waals surface area contributed by atoms with Gasteiger partial charge >= 0.3 is 0 Å². The van der Waals surface area contributed by atoms with Gasteiger partial charge in [0.2, 0.25) is 0 Å². The van der Waals surface area contributed by atoms with E-state index < -0.39 is 0 Å². The molecule has 3 unspecified atom stereocenters. The average Bonchev–Trinajstić information content (AvgIpc) is 2.94. The van der Waals surface area contributed by atoms with Crippen molar-refractivity contribution in [2.75, 3.05) is 23.7 Å². The summed E-state index contributed by atoms with van der Waals surface area (Å²) >= 11 is 1.37. The van der Waals surface area contributed by atoms with Crippen LogP contribution in [-0.2, 0) is 0 Å². The zero-order valence-electron chi connectivity index (χ0n) is 11.6. The monoisotopic (exact) mass is 295 g/mol. The number of nitrogen functional groups attached to an aromatic ring is 1. The van der Waals surface area contributed by atoms with E-state index in [0.29, 0.717) is 22.7 Å². The molecule has 7 heteroatoms. The number of aromatic nitrogens is 1. The molecule has 1 saturated heterocycles. The lowest BCUT2D eigenvalue weighted by Gasteiger charge is -2.30. The minimum Gasteiger partial charge on any atom is -0.382 e. The Morgan fingerprint density at radius 2 is 2.30 bits per heavy atom. The van der Waals surface area contributed by atoms with Gasteiger partial charge in [-0.25, -0.2) is 4.98 Å². The van der Waals surface area contributed by atoms with Crippen LogP contribution >= 0.6 is 11.3 Å². The van der Waals surface area contributed by atoms with Crippen LogP contribution in [0.25, 0.3) is 0 Å². The van der Waals surface area contributed by atoms with Crippen LogP contribution in [0.15, 0.2) is 0 Å². The van der Waals surface area contributed by atoms with Gasteiger partial charge < -0.3 is 21.7 Å². The molecule has 3 atom stereocenters. The fourth-order valence-corrected chi connectivity index (χ4v) is 3.48. The molecule has 0 radical (unpaired) electrons. The van der Waals surface area contributed by atoms with E-state index >= 15 is 0 Å². The Balaban J connectivity index is 1.71. The summed E-state index contributed by atoms with van der Waals surface area (Å²) in [6.45, 7) is 3.84. The molecular formula is C13H21N5OS. The number of nitrogens with two attached hydrogens (primary N) is 2. The number of carbonyl (C=O) groups is 1. The van der Waals surface area contributed by atoms with Gasteiger partial charge in [0.25, 0.3) is 5.91 Å². The highest BCUT2D eigenvalue weighted by Gasteiger charge is 2.35. The summed E-state index contributed by atoms with van der Waals surface area (Å²) in [4.78, 5) is 19.2. The molecule has 5 N–H and O–H groups in total. The molecular weight excluding hydrogens is 274 g/mol. The zero-order chi connectivity index (χ0) is 14.3. The number of rotatable bonds is 3. The number of amides is 1. The van der Waals surface area contributed by atoms with Gasteiger partial charge in [-0.2, -0.15) is 0 Å². The van der Waals surface area contributed by atoms with Gasteiger partial charge in [-0.05, 0) is 25.2 Å². The van der Waals surface area contributed by atoms with Crippen LogP contribution in [0.4, 0.5) is 10.9 Å². The van der Waals surface area contributed by atoms with Gasteiger partial charge in [0.05, 0.1) is 0 Å². The van der Waals surface area contributed by atoms with Crippen molar-refractivity contribution in [3.8, 4) is 0 Å². The largest absolute Gasteiger partial charge is 0.382 e. The molecule has 1 aliphatic carbocycles. The van der Waals surface area contributed by atoms with Gasteiger partial charge in [0.1, 0.15) is 10.7 Å². The average molecular weight is 295 g/mol. The van der Waals surface area contributed by atoms with Crippen LogP contribution in [0.3, 0.4) is 0 Å². The third-order valence-corrected chi connectivity index (χ3v) is 5.13. The number of nitrogens with one attached hydrogen (secondary N) is 1. The Bertz CT molecular complexity index is 517. The van der Waals surface area contributed by atoms with Gasteiger partial charge in [-0.15, -0.1) is 0 Å². The lowest BCUT2D eigenvalue weighted by atomic mass is 10.1. The number of piperidine rings is 1. The SMILES string of the molecule is CC1CC1NC(=O)c1sc(N2CCCC(N)C2)nc1N. The zero-order valence-corrected chi connectivity index (χ0v) is 12.4.